The van der Waals surface area contributed by atoms with Gasteiger partial charge in [0.15, 0.2) is 0 Å². The van der Waals surface area contributed by atoms with E-state index in [0.717, 1.165) is 6.07 Å². The third-order valence-corrected chi connectivity index (χ3v) is 6.90. The molecule has 1 heterocycles. The first kappa shape index (κ1) is 23.3. The van der Waals surface area contributed by atoms with Crippen LogP contribution < -0.4 is 5.84 Å². The molecule has 0 bridgehead atoms. The highest BCUT2D eigenvalue weighted by Crippen LogP contribution is 2.26. The van der Waals surface area contributed by atoms with Gasteiger partial charge in [0.05, 0.1) is 21.8 Å². The predicted molar refractivity (Wildman–Crippen MR) is 112 cm³/mol. The van der Waals surface area contributed by atoms with Crippen molar-refractivity contribution in [2.45, 2.75) is 24.2 Å². The molecule has 32 heavy (non-hydrogen) atoms. The van der Waals surface area contributed by atoms with Crippen molar-refractivity contribution in [2.24, 2.45) is 11.8 Å². The Balaban J connectivity index is 1.59. The van der Waals surface area contributed by atoms with E-state index in [4.69, 9.17) is 10.7 Å². The maximum atomic E-state index is 12.8. The molecule has 3 rings (SSSR count). The fraction of sp³-hybridized carbons (Fsp3) is 0.300. The minimum Gasteiger partial charge on any atom is -0.322 e. The number of carbonyl (C=O) groups excluding carboxylic acids is 2. The summed E-state index contributed by atoms with van der Waals surface area (Å²) in [5.41, 5.74) is -0.426. The van der Waals surface area contributed by atoms with Gasteiger partial charge in [-0.1, -0.05) is 29.4 Å². The van der Waals surface area contributed by atoms with Crippen molar-refractivity contribution in [1.29, 1.82) is 0 Å². The zero-order valence-electron chi connectivity index (χ0n) is 17.0. The minimum absolute atomic E-state index is 0.118. The van der Waals surface area contributed by atoms with E-state index in [1.807, 2.05) is 0 Å². The second-order valence-corrected chi connectivity index (χ2v) is 9.23. The number of benzene rings is 2. The van der Waals surface area contributed by atoms with Gasteiger partial charge in [-0.3, -0.25) is 14.9 Å². The summed E-state index contributed by atoms with van der Waals surface area (Å²) in [6.07, 6.45) is 1.04. The number of nitro groups is 1. The Morgan fingerprint density at radius 1 is 1.19 bits per heavy atom. The first-order valence-corrected chi connectivity index (χ1v) is 11.2. The number of hydrogen-bond acceptors (Lipinski definition) is 8. The molecule has 0 spiro atoms. The molecule has 1 atom stereocenters. The van der Waals surface area contributed by atoms with Gasteiger partial charge in [0.2, 0.25) is 10.0 Å². The van der Waals surface area contributed by atoms with Crippen LogP contribution in [0.15, 0.2) is 59.5 Å². The van der Waals surface area contributed by atoms with Gasteiger partial charge in [-0.2, -0.15) is 4.31 Å². The number of sulfonamides is 1. The molecular formula is C20H22N4O7S. The van der Waals surface area contributed by atoms with Crippen LogP contribution in [0.3, 0.4) is 0 Å². The Morgan fingerprint density at radius 2 is 1.91 bits per heavy atom. The number of carbonyl (C=O) groups is 2. The lowest BCUT2D eigenvalue weighted by molar-refractivity contribution is -0.384. The van der Waals surface area contributed by atoms with Crippen LogP contribution in [0, 0.1) is 16.0 Å². The molecule has 1 aliphatic rings. The normalized spacial score (nSPS) is 16.8. The van der Waals surface area contributed by atoms with E-state index in [1.54, 1.807) is 18.2 Å². The van der Waals surface area contributed by atoms with E-state index in [9.17, 15) is 28.1 Å². The smallest absolute Gasteiger partial charge is 0.322 e. The van der Waals surface area contributed by atoms with E-state index in [1.165, 1.54) is 34.6 Å². The van der Waals surface area contributed by atoms with Crippen LogP contribution in [0.5, 0.6) is 0 Å². The fourth-order valence-electron chi connectivity index (χ4n) is 3.46. The monoisotopic (exact) mass is 462 g/mol. The summed E-state index contributed by atoms with van der Waals surface area (Å²) in [5, 5.41) is 11.1. The summed E-state index contributed by atoms with van der Waals surface area (Å²) in [4.78, 5) is 39.8. The van der Waals surface area contributed by atoms with Gasteiger partial charge in [-0.25, -0.2) is 19.1 Å². The Labute approximate surface area is 184 Å². The third kappa shape index (κ3) is 5.46. The number of nitrogens with two attached hydrogens (primary N) is 1. The molecule has 2 aromatic rings. The van der Waals surface area contributed by atoms with E-state index >= 15 is 0 Å². The summed E-state index contributed by atoms with van der Waals surface area (Å²) in [7, 11) is -3.68. The van der Waals surface area contributed by atoms with Crippen molar-refractivity contribution >= 4 is 27.6 Å². The quantitative estimate of drug-likeness (QED) is 0.295. The summed E-state index contributed by atoms with van der Waals surface area (Å²) in [5.74, 6) is 3.47. The number of nitro benzene ring substituents is 1. The molecule has 2 aromatic carbocycles. The zero-order valence-corrected chi connectivity index (χ0v) is 17.8. The van der Waals surface area contributed by atoms with Crippen LogP contribution in [0.2, 0.25) is 0 Å². The largest absolute Gasteiger partial charge is 0.334 e. The first-order chi connectivity index (χ1) is 15.2. The lowest BCUT2D eigenvalue weighted by Gasteiger charge is -2.31. The number of amides is 1. The SMILES string of the molecule is NN(OC(=O)CC1CCCN(S(=O)(=O)c2ccccc2)C1)C(=O)c1cccc([N+](=O)[O-])c1. The molecule has 12 heteroatoms. The average molecular weight is 462 g/mol. The van der Waals surface area contributed by atoms with Crippen molar-refractivity contribution < 1.29 is 27.8 Å². The van der Waals surface area contributed by atoms with Crippen LogP contribution in [0.4, 0.5) is 5.69 Å². The standard InChI is InChI=1S/C20H22N4O7S/c21-23(20(26)16-7-4-8-17(13-16)24(27)28)31-19(25)12-15-6-5-11-22(14-15)32(29,30)18-9-2-1-3-10-18/h1-4,7-10,13,15H,5-6,11-12,14,21H2. The molecule has 1 fully saturated rings. The summed E-state index contributed by atoms with van der Waals surface area (Å²) in [6, 6.07) is 12.9. The Morgan fingerprint density at radius 3 is 2.59 bits per heavy atom. The second kappa shape index (κ2) is 9.85. The molecule has 0 saturated carbocycles. The molecule has 1 amide bonds. The number of non-ortho nitro benzene ring substituents is 1. The van der Waals surface area contributed by atoms with Crippen LogP contribution in [0.1, 0.15) is 29.6 Å². The Bertz CT molecular complexity index is 1110. The van der Waals surface area contributed by atoms with E-state index in [0.29, 0.717) is 19.4 Å². The highest BCUT2D eigenvalue weighted by molar-refractivity contribution is 7.89. The number of hydroxylamine groups is 1. The predicted octanol–water partition coefficient (Wildman–Crippen LogP) is 1.86. The molecular weight excluding hydrogens is 440 g/mol. The molecule has 0 aromatic heterocycles. The topological polar surface area (TPSA) is 153 Å². The minimum atomic E-state index is -3.68. The van der Waals surface area contributed by atoms with Gasteiger partial charge >= 0.3 is 11.9 Å². The van der Waals surface area contributed by atoms with Crippen molar-refractivity contribution in [2.75, 3.05) is 13.1 Å². The van der Waals surface area contributed by atoms with Gasteiger partial charge in [0.25, 0.3) is 5.69 Å². The fourth-order valence-corrected chi connectivity index (χ4v) is 5.03. The van der Waals surface area contributed by atoms with Crippen molar-refractivity contribution in [3.63, 3.8) is 0 Å². The van der Waals surface area contributed by atoms with E-state index in [-0.39, 0.29) is 40.2 Å². The van der Waals surface area contributed by atoms with Crippen LogP contribution in [-0.2, 0) is 19.7 Å². The number of nitrogens with zero attached hydrogens (tertiary/aromatic N) is 3. The van der Waals surface area contributed by atoms with Crippen molar-refractivity contribution in [3.8, 4) is 0 Å². The summed E-state index contributed by atoms with van der Waals surface area (Å²) >= 11 is 0. The highest BCUT2D eigenvalue weighted by Gasteiger charge is 2.32. The van der Waals surface area contributed by atoms with E-state index < -0.39 is 26.8 Å². The van der Waals surface area contributed by atoms with Crippen molar-refractivity contribution in [1.82, 2.24) is 9.48 Å². The van der Waals surface area contributed by atoms with Crippen LogP contribution in [0.25, 0.3) is 0 Å². The summed E-state index contributed by atoms with van der Waals surface area (Å²) < 4.78 is 26.9. The molecule has 11 nitrogen and oxygen atoms in total. The zero-order chi connectivity index (χ0) is 23.3. The molecule has 1 aliphatic heterocycles. The van der Waals surface area contributed by atoms with Gasteiger partial charge in [-0.15, -0.1) is 0 Å². The number of piperidine rings is 1. The second-order valence-electron chi connectivity index (χ2n) is 7.29. The maximum absolute atomic E-state index is 12.8. The number of hydrogen-bond donors (Lipinski definition) is 1. The molecule has 1 unspecified atom stereocenters. The van der Waals surface area contributed by atoms with E-state index in [2.05, 4.69) is 0 Å². The Hall–Kier alpha value is -3.35. The lowest BCUT2D eigenvalue weighted by atomic mass is 9.96. The highest BCUT2D eigenvalue weighted by atomic mass is 32.2. The Kier molecular flexibility index (Phi) is 7.18. The molecule has 170 valence electrons. The number of rotatable bonds is 6. The third-order valence-electron chi connectivity index (χ3n) is 5.02. The van der Waals surface area contributed by atoms with Gasteiger partial charge in [-0.05, 0) is 37.0 Å². The van der Waals surface area contributed by atoms with Gasteiger partial charge in [0.1, 0.15) is 0 Å². The molecule has 1 saturated heterocycles. The van der Waals surface area contributed by atoms with Gasteiger partial charge in [0, 0.05) is 25.2 Å². The van der Waals surface area contributed by atoms with Gasteiger partial charge < -0.3 is 4.84 Å². The maximum Gasteiger partial charge on any atom is 0.334 e. The molecule has 0 radical (unpaired) electrons. The lowest BCUT2D eigenvalue weighted by Crippen LogP contribution is -2.42. The van der Waals surface area contributed by atoms with Crippen LogP contribution >= 0.6 is 0 Å². The number of hydrazine groups is 1. The first-order valence-electron chi connectivity index (χ1n) is 9.78. The average Bonchev–Trinajstić information content (AvgIpc) is 2.79. The van der Waals surface area contributed by atoms with Crippen LogP contribution in [-0.4, -0.2) is 47.8 Å². The summed E-state index contributed by atoms with van der Waals surface area (Å²) in [6.45, 7) is 0.479. The van der Waals surface area contributed by atoms with Crippen molar-refractivity contribution in [3.05, 3.63) is 70.3 Å². The molecule has 2 N–H and O–H groups in total. The molecule has 0 aliphatic carbocycles.